The number of likely N-dealkylation sites (tertiary alicyclic amines) is 1. The predicted octanol–water partition coefficient (Wildman–Crippen LogP) is 3.34. The summed E-state index contributed by atoms with van der Waals surface area (Å²) in [5.74, 6) is -0.655. The van der Waals surface area contributed by atoms with E-state index in [-0.39, 0.29) is 40.7 Å². The second-order valence-corrected chi connectivity index (χ2v) is 8.81. The number of piperidine rings is 1. The Morgan fingerprint density at radius 1 is 1.12 bits per heavy atom. The molecule has 3 atom stereocenters. The number of rotatable bonds is 4. The maximum absolute atomic E-state index is 14.8. The van der Waals surface area contributed by atoms with Crippen LogP contribution in [0.3, 0.4) is 0 Å². The van der Waals surface area contributed by atoms with Gasteiger partial charge in [-0.05, 0) is 43.0 Å². The zero-order chi connectivity index (χ0) is 24.1. The first-order valence-electron chi connectivity index (χ1n) is 10.7. The standard InChI is InChI=1S/C23H19BF4N4O2/c24-22(34-18-6-5-14(11-31-18)23(26,27)28)10-13-9-17(22)32(12-13)21(33)15-3-1-4-16(25)19(15)20-29-7-2-8-30-20/h1-8,11,13,17H,9-10,12,24H2. The van der Waals surface area contributed by atoms with Crippen LogP contribution in [0.15, 0.2) is 55.0 Å². The molecule has 1 aromatic carbocycles. The second kappa shape index (κ2) is 8.07. The number of amides is 1. The highest BCUT2D eigenvalue weighted by Gasteiger charge is 2.55. The van der Waals surface area contributed by atoms with Crippen LogP contribution in [-0.2, 0) is 6.18 Å². The summed E-state index contributed by atoms with van der Waals surface area (Å²) in [6, 6.07) is 7.61. The van der Waals surface area contributed by atoms with Crippen LogP contribution in [0.2, 0.25) is 0 Å². The summed E-state index contributed by atoms with van der Waals surface area (Å²) in [6.45, 7) is 0.481. The molecular weight excluding hydrogens is 451 g/mol. The first kappa shape index (κ1) is 22.3. The molecule has 0 N–H and O–H groups in total. The Morgan fingerprint density at radius 3 is 2.53 bits per heavy atom. The number of alkyl halides is 3. The SMILES string of the molecule is BC1(Oc2ccc(C(F)(F)F)cn2)CC2CC1N(C(=O)c1cccc(F)c1-c1ncccn1)C2. The van der Waals surface area contributed by atoms with Crippen LogP contribution in [-0.4, -0.2) is 51.7 Å². The Balaban J connectivity index is 1.42. The van der Waals surface area contributed by atoms with E-state index in [0.29, 0.717) is 19.4 Å². The molecule has 5 rings (SSSR count). The summed E-state index contributed by atoms with van der Waals surface area (Å²) in [4.78, 5) is 27.3. The number of nitrogens with zero attached hydrogens (tertiary/aromatic N) is 4. The average molecular weight is 470 g/mol. The molecule has 0 spiro atoms. The molecule has 1 saturated carbocycles. The predicted molar refractivity (Wildman–Crippen MR) is 116 cm³/mol. The van der Waals surface area contributed by atoms with Gasteiger partial charge in [0.15, 0.2) is 13.7 Å². The van der Waals surface area contributed by atoms with Crippen LogP contribution in [0.5, 0.6) is 5.88 Å². The van der Waals surface area contributed by atoms with Gasteiger partial charge in [0.05, 0.1) is 28.2 Å². The topological polar surface area (TPSA) is 68.2 Å². The minimum Gasteiger partial charge on any atom is -0.479 e. The van der Waals surface area contributed by atoms with E-state index in [9.17, 15) is 22.4 Å². The van der Waals surface area contributed by atoms with Crippen molar-refractivity contribution >= 4 is 13.8 Å². The van der Waals surface area contributed by atoms with Gasteiger partial charge in [0.2, 0.25) is 5.88 Å². The number of aromatic nitrogens is 3. The van der Waals surface area contributed by atoms with Crippen LogP contribution < -0.4 is 4.74 Å². The molecular formula is C23H19BF4N4O2. The fourth-order valence-corrected chi connectivity index (χ4v) is 5.05. The fourth-order valence-electron chi connectivity index (χ4n) is 5.05. The van der Waals surface area contributed by atoms with Gasteiger partial charge in [-0.25, -0.2) is 19.3 Å². The van der Waals surface area contributed by atoms with Gasteiger partial charge in [-0.1, -0.05) is 6.07 Å². The molecule has 2 aliphatic rings. The van der Waals surface area contributed by atoms with E-state index in [4.69, 9.17) is 4.74 Å². The minimum atomic E-state index is -4.49. The van der Waals surface area contributed by atoms with Gasteiger partial charge in [0.1, 0.15) is 5.82 Å². The lowest BCUT2D eigenvalue weighted by Gasteiger charge is -2.41. The number of fused-ring (bicyclic) bond motifs is 2. The number of hydrogen-bond acceptors (Lipinski definition) is 5. The third kappa shape index (κ3) is 3.88. The first-order chi connectivity index (χ1) is 16.2. The maximum Gasteiger partial charge on any atom is 0.417 e. The minimum absolute atomic E-state index is 0.0305. The van der Waals surface area contributed by atoms with Crippen LogP contribution in [0, 0.1) is 11.7 Å². The summed E-state index contributed by atoms with van der Waals surface area (Å²) in [5.41, 5.74) is -1.53. The lowest BCUT2D eigenvalue weighted by atomic mass is 9.74. The van der Waals surface area contributed by atoms with Crippen molar-refractivity contribution in [2.75, 3.05) is 6.54 Å². The van der Waals surface area contributed by atoms with Gasteiger partial charge in [-0.15, -0.1) is 0 Å². The zero-order valence-electron chi connectivity index (χ0n) is 18.1. The molecule has 1 saturated heterocycles. The molecule has 3 heterocycles. The molecule has 1 amide bonds. The van der Waals surface area contributed by atoms with E-state index in [1.165, 1.54) is 30.6 Å². The molecule has 1 aliphatic heterocycles. The van der Waals surface area contributed by atoms with Crippen LogP contribution in [0.1, 0.15) is 28.8 Å². The quantitative estimate of drug-likeness (QED) is 0.433. The largest absolute Gasteiger partial charge is 0.479 e. The van der Waals surface area contributed by atoms with Crippen molar-refractivity contribution in [3.8, 4) is 17.3 Å². The third-order valence-electron chi connectivity index (χ3n) is 6.48. The van der Waals surface area contributed by atoms with E-state index >= 15 is 0 Å². The number of hydrogen-bond donors (Lipinski definition) is 0. The smallest absolute Gasteiger partial charge is 0.417 e. The van der Waals surface area contributed by atoms with Crippen LogP contribution >= 0.6 is 0 Å². The molecule has 1 aliphatic carbocycles. The van der Waals surface area contributed by atoms with E-state index in [0.717, 1.165) is 12.3 Å². The number of carbonyl (C=O) groups is 1. The lowest BCUT2D eigenvalue weighted by molar-refractivity contribution is -0.137. The fraction of sp³-hybridized carbons (Fsp3) is 0.304. The van der Waals surface area contributed by atoms with E-state index in [2.05, 4.69) is 15.0 Å². The normalized spacial score (nSPS) is 23.8. The molecule has 0 radical (unpaired) electrons. The highest BCUT2D eigenvalue weighted by molar-refractivity contribution is 6.16. The molecule has 174 valence electrons. The monoisotopic (exact) mass is 470 g/mol. The van der Waals surface area contributed by atoms with Gasteiger partial charge < -0.3 is 9.64 Å². The van der Waals surface area contributed by atoms with Gasteiger partial charge in [0.25, 0.3) is 5.91 Å². The van der Waals surface area contributed by atoms with E-state index in [1.54, 1.807) is 17.0 Å². The number of halogens is 4. The van der Waals surface area contributed by atoms with Crippen molar-refractivity contribution in [1.82, 2.24) is 19.9 Å². The summed E-state index contributed by atoms with van der Waals surface area (Å²) in [5, 5.41) is 0. The lowest BCUT2D eigenvalue weighted by Crippen LogP contribution is -2.56. The Kier molecular flexibility index (Phi) is 5.29. The van der Waals surface area contributed by atoms with E-state index < -0.39 is 23.1 Å². The number of benzene rings is 1. The number of carbonyl (C=O) groups excluding carboxylic acids is 1. The summed E-state index contributed by atoms with van der Waals surface area (Å²) < 4.78 is 59.4. The number of ether oxygens (including phenoxy) is 1. The van der Waals surface area contributed by atoms with Crippen LogP contribution in [0.4, 0.5) is 17.6 Å². The van der Waals surface area contributed by atoms with Crippen molar-refractivity contribution in [3.63, 3.8) is 0 Å². The van der Waals surface area contributed by atoms with Crippen molar-refractivity contribution < 1.29 is 27.1 Å². The first-order valence-corrected chi connectivity index (χ1v) is 10.7. The van der Waals surface area contributed by atoms with Crippen molar-refractivity contribution in [3.05, 3.63) is 71.9 Å². The van der Waals surface area contributed by atoms with Gasteiger partial charge in [0, 0.05) is 31.2 Å². The van der Waals surface area contributed by atoms with E-state index in [1.807, 2.05) is 7.85 Å². The van der Waals surface area contributed by atoms with Crippen molar-refractivity contribution in [2.45, 2.75) is 30.6 Å². The molecule has 2 bridgehead atoms. The summed E-state index contributed by atoms with van der Waals surface area (Å²) in [7, 11) is 1.82. The zero-order valence-corrected chi connectivity index (χ0v) is 18.1. The average Bonchev–Trinajstić information content (AvgIpc) is 3.36. The molecule has 3 unspecified atom stereocenters. The molecule has 11 heteroatoms. The molecule has 2 aromatic heterocycles. The highest BCUT2D eigenvalue weighted by atomic mass is 19.4. The Labute approximate surface area is 193 Å². The summed E-state index contributed by atoms with van der Waals surface area (Å²) in [6.07, 6.45) is 0.493. The summed E-state index contributed by atoms with van der Waals surface area (Å²) >= 11 is 0. The third-order valence-corrected chi connectivity index (χ3v) is 6.48. The Hall–Kier alpha value is -3.50. The van der Waals surface area contributed by atoms with Crippen molar-refractivity contribution in [2.24, 2.45) is 5.92 Å². The molecule has 2 fully saturated rings. The molecule has 34 heavy (non-hydrogen) atoms. The Bertz CT molecular complexity index is 1230. The van der Waals surface area contributed by atoms with Crippen LogP contribution in [0.25, 0.3) is 11.4 Å². The van der Waals surface area contributed by atoms with Gasteiger partial charge in [-0.2, -0.15) is 13.2 Å². The molecule has 6 nitrogen and oxygen atoms in total. The highest BCUT2D eigenvalue weighted by Crippen LogP contribution is 2.46. The maximum atomic E-state index is 14.8. The van der Waals surface area contributed by atoms with Gasteiger partial charge >= 0.3 is 6.18 Å². The van der Waals surface area contributed by atoms with Crippen molar-refractivity contribution in [1.29, 1.82) is 0 Å². The number of pyridine rings is 1. The van der Waals surface area contributed by atoms with Gasteiger partial charge in [-0.3, -0.25) is 4.79 Å². The Morgan fingerprint density at radius 2 is 1.88 bits per heavy atom. The second-order valence-electron chi connectivity index (χ2n) is 8.81. The molecule has 3 aromatic rings.